The maximum absolute atomic E-state index is 5.40. The molecule has 0 aliphatic carbocycles. The van der Waals surface area contributed by atoms with Crippen molar-refractivity contribution in [1.29, 1.82) is 0 Å². The number of pyridine rings is 1. The van der Waals surface area contributed by atoms with Crippen molar-refractivity contribution in [3.63, 3.8) is 0 Å². The number of nitrogens with zero attached hydrogens (tertiary/aromatic N) is 5. The van der Waals surface area contributed by atoms with Crippen molar-refractivity contribution in [3.05, 3.63) is 72.7 Å². The number of methoxy groups -OCH3 is 1. The van der Waals surface area contributed by atoms with Gasteiger partial charge in [-0.15, -0.1) is 0 Å². The fourth-order valence-electron chi connectivity index (χ4n) is 4.65. The number of likely N-dealkylation sites (tertiary alicyclic amines) is 1. The second-order valence-corrected chi connectivity index (χ2v) is 8.32. The molecule has 4 aromatic rings. The van der Waals surface area contributed by atoms with Gasteiger partial charge in [0.25, 0.3) is 0 Å². The molecule has 6 heteroatoms. The minimum Gasteiger partial charge on any atom is -0.497 e. The van der Waals surface area contributed by atoms with E-state index in [1.807, 2.05) is 24.7 Å². The fraction of sp³-hybridized carbons (Fsp3) is 0.320. The van der Waals surface area contributed by atoms with Gasteiger partial charge in [0.2, 0.25) is 0 Å². The largest absolute Gasteiger partial charge is 0.497 e. The predicted molar refractivity (Wildman–Crippen MR) is 122 cm³/mol. The van der Waals surface area contributed by atoms with Crippen molar-refractivity contribution in [2.24, 2.45) is 7.05 Å². The number of fused-ring (bicyclic) bond motifs is 1. The van der Waals surface area contributed by atoms with Crippen LogP contribution in [0.25, 0.3) is 22.0 Å². The van der Waals surface area contributed by atoms with Gasteiger partial charge in [-0.05, 0) is 43.1 Å². The van der Waals surface area contributed by atoms with E-state index in [9.17, 15) is 0 Å². The monoisotopic (exact) mass is 413 g/mol. The molecule has 1 unspecified atom stereocenters. The standard InChI is InChI=1S/C25H27N5O/c1-29-14-21(23-7-6-22(31-2)10-25(23)29)16-30-9-3-4-19(15-30)24-8-5-18(13-28-24)20-11-26-17-27-12-20/h5-8,10-14,17,19H,3-4,9,15-16H2,1-2H3. The highest BCUT2D eigenvalue weighted by Gasteiger charge is 2.23. The Morgan fingerprint density at radius 2 is 1.94 bits per heavy atom. The summed E-state index contributed by atoms with van der Waals surface area (Å²) < 4.78 is 7.60. The summed E-state index contributed by atoms with van der Waals surface area (Å²) in [4.78, 5) is 15.6. The van der Waals surface area contributed by atoms with E-state index in [1.165, 1.54) is 35.0 Å². The van der Waals surface area contributed by atoms with Gasteiger partial charge >= 0.3 is 0 Å². The van der Waals surface area contributed by atoms with E-state index < -0.39 is 0 Å². The maximum atomic E-state index is 5.40. The molecule has 1 saturated heterocycles. The van der Waals surface area contributed by atoms with Crippen molar-refractivity contribution in [1.82, 2.24) is 24.4 Å². The van der Waals surface area contributed by atoms with Gasteiger partial charge in [-0.1, -0.05) is 6.07 Å². The van der Waals surface area contributed by atoms with Crippen LogP contribution < -0.4 is 4.74 Å². The molecule has 4 heterocycles. The van der Waals surface area contributed by atoms with E-state index in [0.29, 0.717) is 5.92 Å². The molecule has 6 nitrogen and oxygen atoms in total. The molecule has 1 atom stereocenters. The lowest BCUT2D eigenvalue weighted by molar-refractivity contribution is 0.199. The minimum absolute atomic E-state index is 0.463. The second-order valence-electron chi connectivity index (χ2n) is 8.32. The highest BCUT2D eigenvalue weighted by Crippen LogP contribution is 2.30. The summed E-state index contributed by atoms with van der Waals surface area (Å²) in [5.74, 6) is 1.36. The van der Waals surface area contributed by atoms with Crippen LogP contribution in [0.5, 0.6) is 5.75 Å². The molecule has 0 N–H and O–H groups in total. The Kier molecular flexibility index (Phi) is 5.38. The molecule has 31 heavy (non-hydrogen) atoms. The zero-order valence-corrected chi connectivity index (χ0v) is 18.0. The molecule has 3 aromatic heterocycles. The van der Waals surface area contributed by atoms with E-state index in [2.05, 4.69) is 56.9 Å². The predicted octanol–water partition coefficient (Wildman–Crippen LogP) is 4.42. The number of hydrogen-bond donors (Lipinski definition) is 0. The summed E-state index contributed by atoms with van der Waals surface area (Å²) in [6.45, 7) is 3.12. The Morgan fingerprint density at radius 1 is 1.06 bits per heavy atom. The van der Waals surface area contributed by atoms with E-state index in [4.69, 9.17) is 9.72 Å². The number of ether oxygens (including phenoxy) is 1. The van der Waals surface area contributed by atoms with Crippen LogP contribution >= 0.6 is 0 Å². The highest BCUT2D eigenvalue weighted by atomic mass is 16.5. The molecular weight excluding hydrogens is 386 g/mol. The summed E-state index contributed by atoms with van der Waals surface area (Å²) in [6.07, 6.45) is 11.8. The van der Waals surface area contributed by atoms with Gasteiger partial charge in [-0.2, -0.15) is 0 Å². The smallest absolute Gasteiger partial charge is 0.120 e. The average Bonchev–Trinajstić information content (AvgIpc) is 3.14. The first kappa shape index (κ1) is 19.7. The Hall–Kier alpha value is -3.25. The van der Waals surface area contributed by atoms with Gasteiger partial charge in [0.05, 0.1) is 12.6 Å². The van der Waals surface area contributed by atoms with Crippen molar-refractivity contribution in [2.75, 3.05) is 20.2 Å². The van der Waals surface area contributed by atoms with E-state index in [-0.39, 0.29) is 0 Å². The van der Waals surface area contributed by atoms with Crippen LogP contribution in [-0.2, 0) is 13.6 Å². The Balaban J connectivity index is 1.31. The fourth-order valence-corrected chi connectivity index (χ4v) is 4.65. The highest BCUT2D eigenvalue weighted by molar-refractivity contribution is 5.85. The van der Waals surface area contributed by atoms with Gasteiger partial charge in [-0.3, -0.25) is 9.88 Å². The lowest BCUT2D eigenvalue weighted by Crippen LogP contribution is -2.34. The van der Waals surface area contributed by atoms with Crippen LogP contribution in [-0.4, -0.2) is 44.6 Å². The molecule has 0 radical (unpaired) electrons. The number of aryl methyl sites for hydroxylation is 1. The van der Waals surface area contributed by atoms with Crippen molar-refractivity contribution < 1.29 is 4.74 Å². The second kappa shape index (κ2) is 8.47. The molecule has 1 aliphatic heterocycles. The van der Waals surface area contributed by atoms with Crippen LogP contribution in [0.1, 0.15) is 30.0 Å². The minimum atomic E-state index is 0.463. The van der Waals surface area contributed by atoms with E-state index in [1.54, 1.807) is 13.4 Å². The molecule has 5 rings (SSSR count). The van der Waals surface area contributed by atoms with Gasteiger partial charge in [0.1, 0.15) is 12.1 Å². The van der Waals surface area contributed by atoms with Crippen LogP contribution in [0.3, 0.4) is 0 Å². The normalized spacial score (nSPS) is 17.2. The number of rotatable bonds is 5. The number of aromatic nitrogens is 4. The van der Waals surface area contributed by atoms with Gasteiger partial charge < -0.3 is 9.30 Å². The third kappa shape index (κ3) is 4.03. The van der Waals surface area contributed by atoms with E-state index in [0.717, 1.165) is 36.5 Å². The molecule has 0 saturated carbocycles. The molecule has 0 spiro atoms. The Labute approximate surface area is 182 Å². The summed E-state index contributed by atoms with van der Waals surface area (Å²) in [7, 11) is 3.82. The number of hydrogen-bond acceptors (Lipinski definition) is 5. The zero-order valence-electron chi connectivity index (χ0n) is 18.0. The Morgan fingerprint density at radius 3 is 2.71 bits per heavy atom. The first-order chi connectivity index (χ1) is 15.2. The molecule has 1 fully saturated rings. The Bertz CT molecular complexity index is 1170. The van der Waals surface area contributed by atoms with E-state index >= 15 is 0 Å². The summed E-state index contributed by atoms with van der Waals surface area (Å²) in [5.41, 5.74) is 5.81. The quantitative estimate of drug-likeness (QED) is 0.485. The molecule has 0 bridgehead atoms. The van der Waals surface area contributed by atoms with Crippen LogP contribution in [0.4, 0.5) is 0 Å². The van der Waals surface area contributed by atoms with Crippen LogP contribution in [0, 0.1) is 0 Å². The molecular formula is C25H27N5O. The van der Waals surface area contributed by atoms with Crippen molar-refractivity contribution in [2.45, 2.75) is 25.3 Å². The number of piperidine rings is 1. The molecule has 0 amide bonds. The first-order valence-electron chi connectivity index (χ1n) is 10.8. The van der Waals surface area contributed by atoms with Crippen molar-refractivity contribution >= 4 is 10.9 Å². The average molecular weight is 414 g/mol. The first-order valence-corrected chi connectivity index (χ1v) is 10.8. The third-order valence-electron chi connectivity index (χ3n) is 6.28. The SMILES string of the molecule is COc1ccc2c(CN3CCCC(c4ccc(-c5cncnc5)cn4)C3)cn(C)c2c1. The zero-order chi connectivity index (χ0) is 21.2. The van der Waals surface area contributed by atoms with Gasteiger partial charge in [0, 0.05) is 79.1 Å². The van der Waals surface area contributed by atoms with Crippen LogP contribution in [0.15, 0.2) is 61.4 Å². The van der Waals surface area contributed by atoms with Gasteiger partial charge in [0.15, 0.2) is 0 Å². The topological polar surface area (TPSA) is 56.1 Å². The number of benzene rings is 1. The van der Waals surface area contributed by atoms with Crippen LogP contribution in [0.2, 0.25) is 0 Å². The lowest BCUT2D eigenvalue weighted by Gasteiger charge is -2.32. The van der Waals surface area contributed by atoms with Gasteiger partial charge in [-0.25, -0.2) is 9.97 Å². The molecule has 158 valence electrons. The summed E-state index contributed by atoms with van der Waals surface area (Å²) >= 11 is 0. The van der Waals surface area contributed by atoms with Crippen molar-refractivity contribution in [3.8, 4) is 16.9 Å². The third-order valence-corrected chi connectivity index (χ3v) is 6.28. The molecule has 1 aliphatic rings. The summed E-state index contributed by atoms with van der Waals surface area (Å²) in [6, 6.07) is 10.6. The maximum Gasteiger partial charge on any atom is 0.120 e. The lowest BCUT2D eigenvalue weighted by atomic mass is 9.93. The summed E-state index contributed by atoms with van der Waals surface area (Å²) in [5, 5.41) is 1.30. The molecule has 1 aromatic carbocycles.